The van der Waals surface area contributed by atoms with Gasteiger partial charge in [0.1, 0.15) is 5.25 Å². The first kappa shape index (κ1) is 9.70. The first-order valence-corrected chi connectivity index (χ1v) is 5.59. The average molecular weight is 225 g/mol. The molecule has 72 valence electrons. The number of benzene rings is 1. The molecule has 1 N–H and O–H groups in total. The molecule has 0 bridgehead atoms. The largest absolute Gasteiger partial charge is 0.378 e. The van der Waals surface area contributed by atoms with Gasteiger partial charge >= 0.3 is 0 Å². The van der Waals surface area contributed by atoms with E-state index in [0.717, 1.165) is 15.6 Å². The highest BCUT2D eigenvalue weighted by molar-refractivity contribution is 8.00. The minimum Gasteiger partial charge on any atom is -0.378 e. The fraction of sp³-hybridized carbons (Fsp3) is 0.300. The topological polar surface area (TPSA) is 35.8 Å². The molecule has 0 fully saturated rings. The highest BCUT2D eigenvalue weighted by Crippen LogP contribution is 2.41. The zero-order chi connectivity index (χ0) is 10.1. The van der Waals surface area contributed by atoms with Crippen LogP contribution in [0.5, 0.6) is 0 Å². The third kappa shape index (κ3) is 1.56. The molecule has 0 spiro atoms. The van der Waals surface area contributed by atoms with Crippen molar-refractivity contribution in [2.24, 2.45) is 0 Å². The number of hydrogen-bond acceptors (Lipinski definition) is 3. The minimum atomic E-state index is -0.0408. The zero-order valence-electron chi connectivity index (χ0n) is 7.62. The lowest BCUT2D eigenvalue weighted by Gasteiger charge is -2.28. The summed E-state index contributed by atoms with van der Waals surface area (Å²) in [6.45, 7) is 1.99. The van der Waals surface area contributed by atoms with E-state index in [0.29, 0.717) is 0 Å². The highest BCUT2D eigenvalue weighted by atomic mass is 35.5. The number of para-hydroxylation sites is 1. The van der Waals surface area contributed by atoms with Gasteiger partial charge in [-0.1, -0.05) is 17.7 Å². The third-order valence-corrected chi connectivity index (χ3v) is 3.86. The van der Waals surface area contributed by atoms with Crippen molar-refractivity contribution in [1.82, 2.24) is 0 Å². The second-order valence-electron chi connectivity index (χ2n) is 3.21. The molecular weight excluding hydrogens is 216 g/mol. The van der Waals surface area contributed by atoms with E-state index in [-0.39, 0.29) is 11.3 Å². The molecule has 2 unspecified atom stereocenters. The number of nitrogens with zero attached hydrogens (tertiary/aromatic N) is 1. The maximum atomic E-state index is 8.91. The summed E-state index contributed by atoms with van der Waals surface area (Å²) in [5.41, 5.74) is 0.957. The van der Waals surface area contributed by atoms with Crippen LogP contribution >= 0.6 is 23.4 Å². The van der Waals surface area contributed by atoms with Gasteiger partial charge in [0, 0.05) is 10.9 Å². The van der Waals surface area contributed by atoms with Crippen LogP contribution in [-0.2, 0) is 0 Å². The highest BCUT2D eigenvalue weighted by Gasteiger charge is 2.26. The summed E-state index contributed by atoms with van der Waals surface area (Å²) in [5.74, 6) is 0. The summed E-state index contributed by atoms with van der Waals surface area (Å²) >= 11 is 7.61. The fourth-order valence-corrected chi connectivity index (χ4v) is 2.75. The monoisotopic (exact) mass is 224 g/mol. The standard InChI is InChI=1S/C10H9ClN2S/c1-6-9(5-12)14-8-4-2-3-7(11)10(8)13-6/h2-4,6,9,13H,1H3. The van der Waals surface area contributed by atoms with E-state index in [4.69, 9.17) is 16.9 Å². The first-order chi connectivity index (χ1) is 6.72. The molecule has 0 amide bonds. The molecule has 1 aromatic carbocycles. The zero-order valence-corrected chi connectivity index (χ0v) is 9.19. The SMILES string of the molecule is CC1Nc2c(Cl)cccc2SC1C#N. The Morgan fingerprint density at radius 3 is 3.07 bits per heavy atom. The second-order valence-corrected chi connectivity index (χ2v) is 4.80. The Morgan fingerprint density at radius 1 is 1.57 bits per heavy atom. The van der Waals surface area contributed by atoms with Crippen LogP contribution in [0.4, 0.5) is 5.69 Å². The molecular formula is C10H9ClN2S. The van der Waals surface area contributed by atoms with Crippen LogP contribution < -0.4 is 5.32 Å². The second kappa shape index (κ2) is 3.72. The van der Waals surface area contributed by atoms with Crippen molar-refractivity contribution in [3.8, 4) is 6.07 Å². The molecule has 2 atom stereocenters. The third-order valence-electron chi connectivity index (χ3n) is 2.18. The molecule has 4 heteroatoms. The molecule has 1 aliphatic rings. The summed E-state index contributed by atoms with van der Waals surface area (Å²) in [5, 5.41) is 12.8. The van der Waals surface area contributed by atoms with Crippen molar-refractivity contribution in [1.29, 1.82) is 5.26 Å². The Morgan fingerprint density at radius 2 is 2.36 bits per heavy atom. The number of halogens is 1. The van der Waals surface area contributed by atoms with Gasteiger partial charge in [-0.05, 0) is 19.1 Å². The van der Waals surface area contributed by atoms with Gasteiger partial charge in [-0.2, -0.15) is 5.26 Å². The molecule has 1 aromatic rings. The lowest BCUT2D eigenvalue weighted by atomic mass is 10.2. The molecule has 0 saturated heterocycles. The molecule has 0 aromatic heterocycles. The van der Waals surface area contributed by atoms with Crippen LogP contribution in [0.3, 0.4) is 0 Å². The van der Waals surface area contributed by atoms with E-state index in [1.54, 1.807) is 11.8 Å². The average Bonchev–Trinajstić information content (AvgIpc) is 2.19. The Hall–Kier alpha value is -0.850. The number of nitrogens with one attached hydrogen (secondary N) is 1. The van der Waals surface area contributed by atoms with Gasteiger partial charge in [-0.15, -0.1) is 11.8 Å². The Labute approximate surface area is 92.3 Å². The summed E-state index contributed by atoms with van der Waals surface area (Å²) in [4.78, 5) is 1.06. The number of hydrogen-bond donors (Lipinski definition) is 1. The van der Waals surface area contributed by atoms with E-state index in [1.165, 1.54) is 0 Å². The lowest BCUT2D eigenvalue weighted by molar-refractivity contribution is 0.820. The van der Waals surface area contributed by atoms with Crippen LogP contribution in [0.1, 0.15) is 6.92 Å². The van der Waals surface area contributed by atoms with E-state index in [9.17, 15) is 0 Å². The maximum Gasteiger partial charge on any atom is 0.116 e. The van der Waals surface area contributed by atoms with Crippen molar-refractivity contribution < 1.29 is 0 Å². The summed E-state index contributed by atoms with van der Waals surface area (Å²) < 4.78 is 0. The molecule has 0 saturated carbocycles. The quantitative estimate of drug-likeness (QED) is 0.736. The molecule has 14 heavy (non-hydrogen) atoms. The van der Waals surface area contributed by atoms with Gasteiger partial charge in [0.15, 0.2) is 0 Å². The predicted octanol–water partition coefficient (Wildman–Crippen LogP) is 3.14. The minimum absolute atomic E-state index is 0.0408. The van der Waals surface area contributed by atoms with Crippen molar-refractivity contribution in [3.63, 3.8) is 0 Å². The van der Waals surface area contributed by atoms with Crippen molar-refractivity contribution >= 4 is 29.1 Å². The number of anilines is 1. The van der Waals surface area contributed by atoms with Gasteiger partial charge < -0.3 is 5.32 Å². The lowest BCUT2D eigenvalue weighted by Crippen LogP contribution is -2.30. The Bertz CT molecular complexity index is 400. The van der Waals surface area contributed by atoms with E-state index >= 15 is 0 Å². The maximum absolute atomic E-state index is 8.91. The summed E-state index contributed by atoms with van der Waals surface area (Å²) in [6, 6.07) is 8.15. The molecule has 0 aliphatic carbocycles. The van der Waals surface area contributed by atoms with Crippen LogP contribution in [0.25, 0.3) is 0 Å². The fourth-order valence-electron chi connectivity index (χ4n) is 1.42. The van der Waals surface area contributed by atoms with Crippen LogP contribution in [-0.4, -0.2) is 11.3 Å². The normalized spacial score (nSPS) is 24.6. The molecule has 2 nitrogen and oxygen atoms in total. The predicted molar refractivity (Wildman–Crippen MR) is 59.8 cm³/mol. The molecule has 2 rings (SSSR count). The van der Waals surface area contributed by atoms with Gasteiger partial charge in [-0.3, -0.25) is 0 Å². The van der Waals surface area contributed by atoms with E-state index in [1.807, 2.05) is 25.1 Å². The molecule has 1 aliphatic heterocycles. The Balaban J connectivity index is 2.41. The van der Waals surface area contributed by atoms with Gasteiger partial charge in [0.25, 0.3) is 0 Å². The molecule has 1 heterocycles. The van der Waals surface area contributed by atoms with Crippen LogP contribution in [0.2, 0.25) is 5.02 Å². The van der Waals surface area contributed by atoms with Gasteiger partial charge in [0.2, 0.25) is 0 Å². The van der Waals surface area contributed by atoms with Crippen LogP contribution in [0.15, 0.2) is 23.1 Å². The smallest absolute Gasteiger partial charge is 0.116 e. The van der Waals surface area contributed by atoms with E-state index in [2.05, 4.69) is 11.4 Å². The first-order valence-electron chi connectivity index (χ1n) is 4.33. The van der Waals surface area contributed by atoms with Crippen LogP contribution in [0, 0.1) is 11.3 Å². The van der Waals surface area contributed by atoms with Crippen molar-refractivity contribution in [2.45, 2.75) is 23.1 Å². The summed E-state index contributed by atoms with van der Waals surface area (Å²) in [6.07, 6.45) is 0. The van der Waals surface area contributed by atoms with Gasteiger partial charge in [-0.25, -0.2) is 0 Å². The molecule has 0 radical (unpaired) electrons. The van der Waals surface area contributed by atoms with Crippen molar-refractivity contribution in [2.75, 3.05) is 5.32 Å². The van der Waals surface area contributed by atoms with E-state index < -0.39 is 0 Å². The Kier molecular flexibility index (Phi) is 2.58. The summed E-state index contributed by atoms with van der Waals surface area (Å²) in [7, 11) is 0. The van der Waals surface area contributed by atoms with Gasteiger partial charge in [0.05, 0.1) is 16.8 Å². The number of nitriles is 1. The number of fused-ring (bicyclic) bond motifs is 1. The number of rotatable bonds is 0. The van der Waals surface area contributed by atoms with Crippen molar-refractivity contribution in [3.05, 3.63) is 23.2 Å². The number of thioether (sulfide) groups is 1.